The standard InChI is InChI=1S/C6H9BrN4O/c1-10(2)6(12)4-5(7)8-9-11(4)3/h1-3H3. The van der Waals surface area contributed by atoms with Crippen molar-refractivity contribution in [3.05, 3.63) is 10.3 Å². The van der Waals surface area contributed by atoms with Crippen molar-refractivity contribution in [2.75, 3.05) is 14.1 Å². The van der Waals surface area contributed by atoms with E-state index >= 15 is 0 Å². The molecular formula is C6H9BrN4O. The van der Waals surface area contributed by atoms with E-state index in [-0.39, 0.29) is 5.91 Å². The predicted octanol–water partition coefficient (Wildman–Crippen LogP) is 0.279. The molecule has 0 atom stereocenters. The van der Waals surface area contributed by atoms with Gasteiger partial charge in [0.2, 0.25) is 0 Å². The van der Waals surface area contributed by atoms with Gasteiger partial charge in [0.1, 0.15) is 0 Å². The normalized spacial score (nSPS) is 10.0. The quantitative estimate of drug-likeness (QED) is 0.700. The summed E-state index contributed by atoms with van der Waals surface area (Å²) in [5, 5.41) is 7.39. The lowest BCUT2D eigenvalue weighted by Crippen LogP contribution is -2.24. The Morgan fingerprint density at radius 1 is 1.58 bits per heavy atom. The van der Waals surface area contributed by atoms with Gasteiger partial charge in [0, 0.05) is 21.1 Å². The van der Waals surface area contributed by atoms with Crippen LogP contribution in [0.1, 0.15) is 10.5 Å². The molecule has 1 heterocycles. The lowest BCUT2D eigenvalue weighted by Gasteiger charge is -2.09. The van der Waals surface area contributed by atoms with Crippen molar-refractivity contribution >= 4 is 21.8 Å². The minimum atomic E-state index is -0.116. The van der Waals surface area contributed by atoms with Gasteiger partial charge in [-0.2, -0.15) is 0 Å². The fourth-order valence-electron chi connectivity index (χ4n) is 0.770. The van der Waals surface area contributed by atoms with E-state index in [0.29, 0.717) is 10.3 Å². The van der Waals surface area contributed by atoms with E-state index in [9.17, 15) is 4.79 Å². The van der Waals surface area contributed by atoms with Gasteiger partial charge in [-0.25, -0.2) is 4.68 Å². The van der Waals surface area contributed by atoms with Crippen LogP contribution in [-0.4, -0.2) is 39.9 Å². The molecule has 0 saturated carbocycles. The van der Waals surface area contributed by atoms with Crippen LogP contribution in [-0.2, 0) is 7.05 Å². The molecule has 1 rings (SSSR count). The van der Waals surface area contributed by atoms with Gasteiger partial charge in [-0.15, -0.1) is 5.10 Å². The number of aromatic nitrogens is 3. The highest BCUT2D eigenvalue weighted by Crippen LogP contribution is 2.12. The summed E-state index contributed by atoms with van der Waals surface area (Å²) in [6.45, 7) is 0. The summed E-state index contributed by atoms with van der Waals surface area (Å²) in [5.41, 5.74) is 0.458. The van der Waals surface area contributed by atoms with Crippen molar-refractivity contribution in [2.24, 2.45) is 7.05 Å². The van der Waals surface area contributed by atoms with Crippen molar-refractivity contribution in [3.8, 4) is 0 Å². The fraction of sp³-hybridized carbons (Fsp3) is 0.500. The summed E-state index contributed by atoms with van der Waals surface area (Å²) in [5.74, 6) is -0.116. The first kappa shape index (κ1) is 9.18. The van der Waals surface area contributed by atoms with Crippen LogP contribution in [0, 0.1) is 0 Å². The number of rotatable bonds is 1. The van der Waals surface area contributed by atoms with Gasteiger partial charge < -0.3 is 4.90 Å². The van der Waals surface area contributed by atoms with Gasteiger partial charge in [-0.05, 0) is 15.9 Å². The Hall–Kier alpha value is -0.910. The van der Waals surface area contributed by atoms with Crippen molar-refractivity contribution in [3.63, 3.8) is 0 Å². The molecule has 1 aromatic heterocycles. The molecule has 0 aliphatic heterocycles. The summed E-state index contributed by atoms with van der Waals surface area (Å²) < 4.78 is 1.91. The minimum Gasteiger partial charge on any atom is -0.343 e. The topological polar surface area (TPSA) is 51.0 Å². The Labute approximate surface area is 78.5 Å². The molecule has 0 saturated heterocycles. The van der Waals surface area contributed by atoms with Gasteiger partial charge in [-0.1, -0.05) is 5.21 Å². The Morgan fingerprint density at radius 2 is 2.17 bits per heavy atom. The second-order valence-electron chi connectivity index (χ2n) is 2.55. The zero-order chi connectivity index (χ0) is 9.30. The number of hydrogen-bond donors (Lipinski definition) is 0. The Bertz CT molecular complexity index is 287. The largest absolute Gasteiger partial charge is 0.343 e. The molecule has 5 nitrogen and oxygen atoms in total. The first-order chi connectivity index (χ1) is 5.54. The molecular weight excluding hydrogens is 224 g/mol. The van der Waals surface area contributed by atoms with Gasteiger partial charge >= 0.3 is 0 Å². The number of halogens is 1. The lowest BCUT2D eigenvalue weighted by atomic mass is 10.4. The maximum Gasteiger partial charge on any atom is 0.274 e. The summed E-state index contributed by atoms with van der Waals surface area (Å²) in [7, 11) is 5.04. The number of nitrogens with zero attached hydrogens (tertiary/aromatic N) is 4. The average molecular weight is 233 g/mol. The van der Waals surface area contributed by atoms with Gasteiger partial charge in [-0.3, -0.25) is 4.79 Å². The predicted molar refractivity (Wildman–Crippen MR) is 46.7 cm³/mol. The fourth-order valence-corrected chi connectivity index (χ4v) is 1.27. The molecule has 66 valence electrons. The van der Waals surface area contributed by atoms with Gasteiger partial charge in [0.05, 0.1) is 0 Å². The third-order valence-electron chi connectivity index (χ3n) is 1.39. The highest BCUT2D eigenvalue weighted by Gasteiger charge is 2.17. The highest BCUT2D eigenvalue weighted by molar-refractivity contribution is 9.10. The van der Waals surface area contributed by atoms with Crippen molar-refractivity contribution in [2.45, 2.75) is 0 Å². The molecule has 0 spiro atoms. The summed E-state index contributed by atoms with van der Waals surface area (Å²) in [6, 6.07) is 0. The SMILES string of the molecule is CN(C)C(=O)c1c(Br)nnn1C. The molecule has 1 aromatic rings. The molecule has 0 unspecified atom stereocenters. The van der Waals surface area contributed by atoms with Crippen LogP contribution in [0.5, 0.6) is 0 Å². The Balaban J connectivity index is 3.09. The molecule has 6 heteroatoms. The van der Waals surface area contributed by atoms with Crippen LogP contribution in [0.15, 0.2) is 4.60 Å². The maximum absolute atomic E-state index is 11.4. The van der Waals surface area contributed by atoms with Crippen molar-refractivity contribution in [1.29, 1.82) is 0 Å². The zero-order valence-electron chi connectivity index (χ0n) is 7.08. The Morgan fingerprint density at radius 3 is 2.50 bits per heavy atom. The molecule has 0 aliphatic carbocycles. The van der Waals surface area contributed by atoms with Gasteiger partial charge in [0.15, 0.2) is 10.3 Å². The smallest absolute Gasteiger partial charge is 0.274 e. The lowest BCUT2D eigenvalue weighted by molar-refractivity contribution is 0.0816. The second-order valence-corrected chi connectivity index (χ2v) is 3.30. The van der Waals surface area contributed by atoms with Crippen LogP contribution in [0.25, 0.3) is 0 Å². The summed E-state index contributed by atoms with van der Waals surface area (Å²) in [4.78, 5) is 12.9. The van der Waals surface area contributed by atoms with Crippen LogP contribution in [0.2, 0.25) is 0 Å². The van der Waals surface area contributed by atoms with E-state index in [1.807, 2.05) is 0 Å². The third kappa shape index (κ3) is 1.47. The number of amides is 1. The highest BCUT2D eigenvalue weighted by atomic mass is 79.9. The molecule has 0 N–H and O–H groups in total. The van der Waals surface area contributed by atoms with Crippen LogP contribution >= 0.6 is 15.9 Å². The number of aryl methyl sites for hydroxylation is 1. The Kier molecular flexibility index (Phi) is 2.46. The van der Waals surface area contributed by atoms with Crippen LogP contribution in [0.3, 0.4) is 0 Å². The summed E-state index contributed by atoms with van der Waals surface area (Å²) in [6.07, 6.45) is 0. The minimum absolute atomic E-state index is 0.116. The van der Waals surface area contributed by atoms with Crippen LogP contribution in [0.4, 0.5) is 0 Å². The van der Waals surface area contributed by atoms with E-state index in [1.54, 1.807) is 21.1 Å². The third-order valence-corrected chi connectivity index (χ3v) is 1.93. The maximum atomic E-state index is 11.4. The molecule has 0 fully saturated rings. The average Bonchev–Trinajstić information content (AvgIpc) is 2.30. The van der Waals surface area contributed by atoms with Crippen molar-refractivity contribution in [1.82, 2.24) is 19.9 Å². The molecule has 0 aromatic carbocycles. The second kappa shape index (κ2) is 3.22. The van der Waals surface area contributed by atoms with Crippen LogP contribution < -0.4 is 0 Å². The number of carbonyl (C=O) groups is 1. The van der Waals surface area contributed by atoms with Gasteiger partial charge in [0.25, 0.3) is 5.91 Å². The molecule has 0 bridgehead atoms. The molecule has 1 amide bonds. The van der Waals surface area contributed by atoms with E-state index < -0.39 is 0 Å². The number of carbonyl (C=O) groups excluding carboxylic acids is 1. The first-order valence-electron chi connectivity index (χ1n) is 3.31. The van der Waals surface area contributed by atoms with E-state index in [2.05, 4.69) is 26.2 Å². The number of hydrogen-bond acceptors (Lipinski definition) is 3. The van der Waals surface area contributed by atoms with E-state index in [4.69, 9.17) is 0 Å². The molecule has 0 aliphatic rings. The monoisotopic (exact) mass is 232 g/mol. The zero-order valence-corrected chi connectivity index (χ0v) is 8.66. The summed E-state index contributed by atoms with van der Waals surface area (Å²) >= 11 is 3.14. The first-order valence-corrected chi connectivity index (χ1v) is 4.10. The van der Waals surface area contributed by atoms with E-state index in [0.717, 1.165) is 0 Å². The van der Waals surface area contributed by atoms with E-state index in [1.165, 1.54) is 9.58 Å². The molecule has 0 radical (unpaired) electrons. The van der Waals surface area contributed by atoms with Crippen molar-refractivity contribution < 1.29 is 4.79 Å². The molecule has 12 heavy (non-hydrogen) atoms.